The van der Waals surface area contributed by atoms with Gasteiger partial charge in [-0.25, -0.2) is 0 Å². The number of aldehydes is 1. The largest absolute Gasteiger partial charge is 0.485 e. The number of hydrogen-bond acceptors (Lipinski definition) is 2. The van der Waals surface area contributed by atoms with Crippen molar-refractivity contribution in [2.24, 2.45) is 0 Å². The second-order valence-electron chi connectivity index (χ2n) is 2.41. The highest BCUT2D eigenvalue weighted by Gasteiger charge is 1.99. The van der Waals surface area contributed by atoms with Crippen LogP contribution in [0.25, 0.3) is 0 Å². The van der Waals surface area contributed by atoms with Gasteiger partial charge in [0.15, 0.2) is 6.29 Å². The lowest BCUT2D eigenvalue weighted by molar-refractivity contribution is -0.109. The molecule has 2 nitrogen and oxygen atoms in total. The van der Waals surface area contributed by atoms with Crippen LogP contribution in [0, 0.1) is 6.92 Å². The van der Waals surface area contributed by atoms with Gasteiger partial charge in [0, 0.05) is 0 Å². The first-order chi connectivity index (χ1) is 5.74. The molecule has 0 spiro atoms. The smallest absolute Gasteiger partial charge is 0.157 e. The monoisotopic (exact) mass is 184 g/mol. The fourth-order valence-electron chi connectivity index (χ4n) is 0.847. The molecule has 0 fully saturated rings. The van der Waals surface area contributed by atoms with E-state index in [0.29, 0.717) is 17.1 Å². The van der Waals surface area contributed by atoms with Crippen molar-refractivity contribution < 1.29 is 9.53 Å². The van der Waals surface area contributed by atoms with E-state index in [1.54, 1.807) is 12.1 Å². The van der Waals surface area contributed by atoms with Crippen LogP contribution in [0.15, 0.2) is 18.2 Å². The number of aryl methyl sites for hydroxylation is 1. The van der Waals surface area contributed by atoms with Crippen LogP contribution < -0.4 is 4.74 Å². The molecule has 0 bridgehead atoms. The number of hydrogen-bond donors (Lipinski definition) is 0. The van der Waals surface area contributed by atoms with E-state index < -0.39 is 0 Å². The van der Waals surface area contributed by atoms with E-state index in [-0.39, 0.29) is 6.61 Å². The molecule has 0 unspecified atom stereocenters. The first-order valence-electron chi connectivity index (χ1n) is 3.56. The quantitative estimate of drug-likeness (QED) is 0.674. The van der Waals surface area contributed by atoms with Crippen LogP contribution in [0.5, 0.6) is 5.75 Å². The summed E-state index contributed by atoms with van der Waals surface area (Å²) in [5.74, 6) is 0.550. The summed E-state index contributed by atoms with van der Waals surface area (Å²) in [5, 5.41) is 0.539. The molecule has 0 amide bonds. The molecule has 0 heterocycles. The lowest BCUT2D eigenvalue weighted by Crippen LogP contribution is -1.97. The minimum Gasteiger partial charge on any atom is -0.485 e. The topological polar surface area (TPSA) is 26.3 Å². The number of rotatable bonds is 3. The number of carbonyl (C=O) groups excluding carboxylic acids is 1. The number of carbonyl (C=O) groups is 1. The average Bonchev–Trinajstić information content (AvgIpc) is 2.03. The Labute approximate surface area is 76.1 Å². The molecule has 3 heteroatoms. The van der Waals surface area contributed by atoms with Crippen molar-refractivity contribution in [3.8, 4) is 5.75 Å². The Morgan fingerprint density at radius 3 is 2.92 bits per heavy atom. The summed E-state index contributed by atoms with van der Waals surface area (Å²) in [6.07, 6.45) is 0.691. The Morgan fingerprint density at radius 1 is 1.58 bits per heavy atom. The van der Waals surface area contributed by atoms with Crippen molar-refractivity contribution in [2.45, 2.75) is 6.92 Å². The van der Waals surface area contributed by atoms with E-state index >= 15 is 0 Å². The van der Waals surface area contributed by atoms with E-state index in [4.69, 9.17) is 16.3 Å². The van der Waals surface area contributed by atoms with Gasteiger partial charge < -0.3 is 4.74 Å². The fraction of sp³-hybridized carbons (Fsp3) is 0.222. The third-order valence-electron chi connectivity index (χ3n) is 1.39. The molecule has 0 atom stereocenters. The average molecular weight is 185 g/mol. The Kier molecular flexibility index (Phi) is 3.11. The van der Waals surface area contributed by atoms with Crippen molar-refractivity contribution in [1.82, 2.24) is 0 Å². The zero-order valence-corrected chi connectivity index (χ0v) is 7.47. The third-order valence-corrected chi connectivity index (χ3v) is 1.69. The van der Waals surface area contributed by atoms with Gasteiger partial charge in [-0.05, 0) is 24.6 Å². The number of halogens is 1. The maximum absolute atomic E-state index is 9.99. The normalized spacial score (nSPS) is 9.50. The Balaban J connectivity index is 2.78. The molecule has 0 aliphatic carbocycles. The second kappa shape index (κ2) is 4.12. The predicted octanol–water partition coefficient (Wildman–Crippen LogP) is 2.23. The van der Waals surface area contributed by atoms with Crippen LogP contribution >= 0.6 is 11.6 Å². The van der Waals surface area contributed by atoms with Gasteiger partial charge in [-0.3, -0.25) is 4.79 Å². The van der Waals surface area contributed by atoms with Crippen LogP contribution in [0.1, 0.15) is 5.56 Å². The molecule has 1 aromatic carbocycles. The van der Waals surface area contributed by atoms with Crippen molar-refractivity contribution >= 4 is 17.9 Å². The molecule has 0 aliphatic rings. The van der Waals surface area contributed by atoms with Crippen molar-refractivity contribution in [1.29, 1.82) is 0 Å². The summed E-state index contributed by atoms with van der Waals surface area (Å²) < 4.78 is 5.04. The fourth-order valence-corrected chi connectivity index (χ4v) is 1.14. The van der Waals surface area contributed by atoms with E-state index in [2.05, 4.69) is 0 Å². The molecule has 0 saturated heterocycles. The van der Waals surface area contributed by atoms with Crippen LogP contribution in [0.4, 0.5) is 0 Å². The lowest BCUT2D eigenvalue weighted by Gasteiger charge is -2.04. The van der Waals surface area contributed by atoms with Gasteiger partial charge >= 0.3 is 0 Å². The first kappa shape index (κ1) is 9.07. The molecule has 1 aromatic rings. The molecule has 0 radical (unpaired) electrons. The minimum atomic E-state index is 0.0444. The van der Waals surface area contributed by atoms with Gasteiger partial charge in [-0.15, -0.1) is 0 Å². The maximum atomic E-state index is 9.99. The highest BCUT2D eigenvalue weighted by atomic mass is 35.5. The summed E-state index contributed by atoms with van der Waals surface area (Å²) in [7, 11) is 0. The zero-order chi connectivity index (χ0) is 8.97. The molecular weight excluding hydrogens is 176 g/mol. The summed E-state index contributed by atoms with van der Waals surface area (Å²) in [5.41, 5.74) is 1.07. The summed E-state index contributed by atoms with van der Waals surface area (Å²) in [6.45, 7) is 1.98. The molecule has 0 aliphatic heterocycles. The summed E-state index contributed by atoms with van der Waals surface area (Å²) in [4.78, 5) is 9.99. The van der Waals surface area contributed by atoms with E-state index in [1.165, 1.54) is 0 Å². The van der Waals surface area contributed by atoms with Gasteiger partial charge in [0.25, 0.3) is 0 Å². The van der Waals surface area contributed by atoms with E-state index in [0.717, 1.165) is 5.56 Å². The lowest BCUT2D eigenvalue weighted by atomic mass is 10.2. The van der Waals surface area contributed by atoms with Crippen molar-refractivity contribution in [2.75, 3.05) is 6.61 Å². The number of benzene rings is 1. The van der Waals surface area contributed by atoms with Crippen LogP contribution in [-0.4, -0.2) is 12.9 Å². The van der Waals surface area contributed by atoms with Gasteiger partial charge in [0.1, 0.15) is 12.4 Å². The molecule has 0 aromatic heterocycles. The maximum Gasteiger partial charge on any atom is 0.157 e. The highest BCUT2D eigenvalue weighted by molar-refractivity contribution is 6.32. The molecule has 64 valence electrons. The van der Waals surface area contributed by atoms with Gasteiger partial charge in [-0.2, -0.15) is 0 Å². The van der Waals surface area contributed by atoms with Crippen LogP contribution in [0.3, 0.4) is 0 Å². The molecule has 0 saturated carbocycles. The molecule has 0 N–H and O–H groups in total. The summed E-state index contributed by atoms with van der Waals surface area (Å²) in [6, 6.07) is 5.43. The van der Waals surface area contributed by atoms with Gasteiger partial charge in [0.05, 0.1) is 5.02 Å². The van der Waals surface area contributed by atoms with E-state index in [1.807, 2.05) is 13.0 Å². The SMILES string of the molecule is Cc1ccc(OCC=O)c(Cl)c1. The van der Waals surface area contributed by atoms with Crippen molar-refractivity contribution in [3.63, 3.8) is 0 Å². The molecule has 12 heavy (non-hydrogen) atoms. The predicted molar refractivity (Wildman–Crippen MR) is 47.7 cm³/mol. The van der Waals surface area contributed by atoms with Crippen LogP contribution in [0.2, 0.25) is 5.02 Å². The minimum absolute atomic E-state index is 0.0444. The zero-order valence-electron chi connectivity index (χ0n) is 6.71. The Morgan fingerprint density at radius 2 is 2.33 bits per heavy atom. The van der Waals surface area contributed by atoms with Gasteiger partial charge in [-0.1, -0.05) is 17.7 Å². The third kappa shape index (κ3) is 2.24. The highest BCUT2D eigenvalue weighted by Crippen LogP contribution is 2.24. The number of ether oxygens (including phenoxy) is 1. The Hall–Kier alpha value is -1.02. The Bertz CT molecular complexity index is 284. The van der Waals surface area contributed by atoms with E-state index in [9.17, 15) is 4.79 Å². The van der Waals surface area contributed by atoms with Crippen molar-refractivity contribution in [3.05, 3.63) is 28.8 Å². The molecule has 1 rings (SSSR count). The van der Waals surface area contributed by atoms with Crippen LogP contribution in [-0.2, 0) is 4.79 Å². The summed E-state index contributed by atoms with van der Waals surface area (Å²) >= 11 is 5.82. The second-order valence-corrected chi connectivity index (χ2v) is 2.82. The standard InChI is InChI=1S/C9H9ClO2/c1-7-2-3-9(8(10)6-7)12-5-4-11/h2-4,6H,5H2,1H3. The molecular formula is C9H9ClO2. The van der Waals surface area contributed by atoms with Gasteiger partial charge in [0.2, 0.25) is 0 Å². The first-order valence-corrected chi connectivity index (χ1v) is 3.94.